The molecule has 50 heavy (non-hydrogen) atoms. The van der Waals surface area contributed by atoms with Crippen molar-refractivity contribution in [1.29, 1.82) is 0 Å². The molecule has 1 saturated heterocycles. The number of hydrogen-bond donors (Lipinski definition) is 3. The lowest BCUT2D eigenvalue weighted by atomic mass is 9.96. The minimum atomic E-state index is -3.67. The minimum Gasteiger partial charge on any atom is -0.463 e. The van der Waals surface area contributed by atoms with Crippen LogP contribution in [0.2, 0.25) is 0 Å². The quantitative estimate of drug-likeness (QED) is 0.175. The summed E-state index contributed by atoms with van der Waals surface area (Å²) in [6.07, 6.45) is -5.88. The van der Waals surface area contributed by atoms with Crippen molar-refractivity contribution in [3.05, 3.63) is 102 Å². The molecule has 7 atom stereocenters. The number of hydrogen-bond acceptors (Lipinski definition) is 11. The van der Waals surface area contributed by atoms with Gasteiger partial charge in [0.05, 0.1) is 30.5 Å². The van der Waals surface area contributed by atoms with Crippen LogP contribution in [0.1, 0.15) is 31.9 Å². The highest BCUT2D eigenvalue weighted by Crippen LogP contribution is 2.27. The monoisotopic (exact) mass is 712 g/mol. The van der Waals surface area contributed by atoms with Crippen molar-refractivity contribution in [3.8, 4) is 0 Å². The van der Waals surface area contributed by atoms with Crippen molar-refractivity contribution in [3.63, 3.8) is 0 Å². The average Bonchev–Trinajstić information content (AvgIpc) is 3.11. The summed E-state index contributed by atoms with van der Waals surface area (Å²) in [6, 6.07) is 24.3. The van der Waals surface area contributed by atoms with Crippen LogP contribution in [0.5, 0.6) is 0 Å². The molecule has 0 bridgehead atoms. The number of carbonyl (C=O) groups is 3. The third-order valence-electron chi connectivity index (χ3n) is 7.84. The van der Waals surface area contributed by atoms with E-state index in [0.29, 0.717) is 0 Å². The number of nitrogens with one attached hydrogen (secondary N) is 2. The molecule has 0 spiro atoms. The van der Waals surface area contributed by atoms with E-state index in [2.05, 4.69) is 10.6 Å². The second kappa shape index (κ2) is 18.7. The molecule has 270 valence electrons. The van der Waals surface area contributed by atoms with Crippen LogP contribution >= 0.6 is 0 Å². The second-order valence-electron chi connectivity index (χ2n) is 11.8. The molecule has 3 aromatic carbocycles. The largest absolute Gasteiger partial charge is 0.463 e. The molecule has 2 amide bonds. The van der Waals surface area contributed by atoms with Crippen LogP contribution in [0.4, 0.5) is 0 Å². The van der Waals surface area contributed by atoms with Crippen LogP contribution < -0.4 is 10.6 Å². The molecule has 1 aliphatic heterocycles. The Morgan fingerprint density at radius 3 is 2.06 bits per heavy atom. The first kappa shape index (κ1) is 38.6. The lowest BCUT2D eigenvalue weighted by Gasteiger charge is -2.45. The summed E-state index contributed by atoms with van der Waals surface area (Å²) in [5.41, 5.74) is 1.75. The number of benzene rings is 3. The standard InChI is InChI=1S/C36H44N2O11S/c1-24(35(42)46-19-20-50(43,44)29-17-11-6-12-18-29)37-34(41)25(2)48-33-31(38-26(3)39)36(47-22-28-15-9-5-10-16-28)49-30(32(33)40)23-45-21-27-13-7-4-8-14-27/h4-18,24-25,30-33,36,40H,19-23H2,1-3H3,(H,37,41)(H,38,39)/t24-,25+,30?,31?,32+,33+,36-/m0/s1. The van der Waals surface area contributed by atoms with Gasteiger partial charge < -0.3 is 39.4 Å². The van der Waals surface area contributed by atoms with Crippen LogP contribution in [-0.2, 0) is 61.1 Å². The summed E-state index contributed by atoms with van der Waals surface area (Å²) in [4.78, 5) is 38.2. The van der Waals surface area contributed by atoms with Gasteiger partial charge in [0, 0.05) is 6.92 Å². The Hall–Kier alpha value is -4.18. The van der Waals surface area contributed by atoms with Gasteiger partial charge in [0.25, 0.3) is 0 Å². The zero-order chi connectivity index (χ0) is 36.1. The Labute approximate surface area is 292 Å². The molecule has 0 saturated carbocycles. The predicted molar refractivity (Wildman–Crippen MR) is 181 cm³/mol. The lowest BCUT2D eigenvalue weighted by molar-refractivity contribution is -0.286. The fourth-order valence-corrected chi connectivity index (χ4v) is 6.29. The predicted octanol–water partition coefficient (Wildman–Crippen LogP) is 2.31. The van der Waals surface area contributed by atoms with E-state index < -0.39 is 82.8 Å². The molecule has 13 nitrogen and oxygen atoms in total. The van der Waals surface area contributed by atoms with Gasteiger partial charge in [-0.15, -0.1) is 0 Å². The Bertz CT molecular complexity index is 1630. The molecular formula is C36H44N2O11S. The number of aliphatic hydroxyl groups is 1. The van der Waals surface area contributed by atoms with Crippen molar-refractivity contribution >= 4 is 27.6 Å². The number of esters is 1. The highest BCUT2D eigenvalue weighted by Gasteiger charge is 2.48. The Morgan fingerprint density at radius 1 is 0.880 bits per heavy atom. The highest BCUT2D eigenvalue weighted by atomic mass is 32.2. The highest BCUT2D eigenvalue weighted by molar-refractivity contribution is 7.91. The number of amides is 2. The summed E-state index contributed by atoms with van der Waals surface area (Å²) >= 11 is 0. The lowest BCUT2D eigenvalue weighted by Crippen LogP contribution is -2.66. The summed E-state index contributed by atoms with van der Waals surface area (Å²) in [7, 11) is -3.67. The molecule has 1 aliphatic rings. The van der Waals surface area contributed by atoms with Gasteiger partial charge in [-0.25, -0.2) is 13.2 Å². The average molecular weight is 713 g/mol. The van der Waals surface area contributed by atoms with Crippen molar-refractivity contribution < 1.29 is 51.6 Å². The van der Waals surface area contributed by atoms with E-state index in [0.717, 1.165) is 11.1 Å². The molecule has 1 heterocycles. The van der Waals surface area contributed by atoms with Crippen LogP contribution in [0.3, 0.4) is 0 Å². The van der Waals surface area contributed by atoms with Crippen LogP contribution in [-0.4, -0.2) is 93.1 Å². The smallest absolute Gasteiger partial charge is 0.328 e. The second-order valence-corrected chi connectivity index (χ2v) is 13.9. The minimum absolute atomic E-state index is 0.0582. The van der Waals surface area contributed by atoms with Crippen LogP contribution in [0, 0.1) is 0 Å². The first-order chi connectivity index (χ1) is 23.9. The molecule has 0 aromatic heterocycles. The normalized spacial score (nSPS) is 21.8. The van der Waals surface area contributed by atoms with E-state index in [9.17, 15) is 27.9 Å². The molecule has 4 rings (SSSR count). The van der Waals surface area contributed by atoms with E-state index in [1.807, 2.05) is 60.7 Å². The number of aliphatic hydroxyl groups excluding tert-OH is 1. The number of sulfone groups is 1. The Morgan fingerprint density at radius 2 is 1.46 bits per heavy atom. The van der Waals surface area contributed by atoms with E-state index in [4.69, 9.17) is 23.7 Å². The molecular weight excluding hydrogens is 668 g/mol. The van der Waals surface area contributed by atoms with E-state index in [-0.39, 0.29) is 24.7 Å². The third-order valence-corrected chi connectivity index (χ3v) is 9.53. The number of rotatable bonds is 17. The maximum atomic E-state index is 13.2. The Balaban J connectivity index is 1.40. The molecule has 2 unspecified atom stereocenters. The number of ether oxygens (including phenoxy) is 5. The topological polar surface area (TPSA) is 176 Å². The zero-order valence-corrected chi connectivity index (χ0v) is 29.0. The third kappa shape index (κ3) is 11.4. The molecule has 3 aromatic rings. The van der Waals surface area contributed by atoms with Gasteiger partial charge in [-0.1, -0.05) is 78.9 Å². The summed E-state index contributed by atoms with van der Waals surface area (Å²) in [5.74, 6) is -2.45. The maximum absolute atomic E-state index is 13.2. The van der Waals surface area contributed by atoms with Gasteiger partial charge in [-0.2, -0.15) is 0 Å². The first-order valence-electron chi connectivity index (χ1n) is 16.2. The Kier molecular flexibility index (Phi) is 14.5. The molecule has 0 aliphatic carbocycles. The summed E-state index contributed by atoms with van der Waals surface area (Å²) in [5, 5.41) is 16.7. The van der Waals surface area contributed by atoms with Gasteiger partial charge in [-0.05, 0) is 37.1 Å². The van der Waals surface area contributed by atoms with Crippen molar-refractivity contribution in [2.24, 2.45) is 0 Å². The maximum Gasteiger partial charge on any atom is 0.328 e. The van der Waals surface area contributed by atoms with Crippen molar-refractivity contribution in [2.75, 3.05) is 19.0 Å². The van der Waals surface area contributed by atoms with E-state index in [1.165, 1.54) is 32.9 Å². The first-order valence-corrected chi connectivity index (χ1v) is 17.9. The zero-order valence-electron chi connectivity index (χ0n) is 28.2. The van der Waals surface area contributed by atoms with E-state index >= 15 is 0 Å². The van der Waals surface area contributed by atoms with Gasteiger partial charge in [0.15, 0.2) is 16.1 Å². The van der Waals surface area contributed by atoms with Crippen LogP contribution in [0.15, 0.2) is 95.9 Å². The van der Waals surface area contributed by atoms with Gasteiger partial charge >= 0.3 is 5.97 Å². The molecule has 0 radical (unpaired) electrons. The fraction of sp³-hybridized carbons (Fsp3) is 0.417. The van der Waals surface area contributed by atoms with Gasteiger partial charge in [-0.3, -0.25) is 9.59 Å². The van der Waals surface area contributed by atoms with Gasteiger partial charge in [0.1, 0.15) is 43.1 Å². The SMILES string of the molecule is CC(=O)NC1[C@@H](OCc2ccccc2)OC(COCc2ccccc2)[C@@H](O)[C@@H]1O[C@H](C)C(=O)N[C@@H](C)C(=O)OCCS(=O)(=O)c1ccccc1. The summed E-state index contributed by atoms with van der Waals surface area (Å²) in [6.45, 7) is 3.99. The fourth-order valence-electron chi connectivity index (χ4n) is 5.18. The molecule has 3 N–H and O–H groups in total. The van der Waals surface area contributed by atoms with Crippen LogP contribution in [0.25, 0.3) is 0 Å². The number of carbonyl (C=O) groups excluding carboxylic acids is 3. The van der Waals surface area contributed by atoms with Crippen molar-refractivity contribution in [1.82, 2.24) is 10.6 Å². The van der Waals surface area contributed by atoms with E-state index in [1.54, 1.807) is 18.2 Å². The van der Waals surface area contributed by atoms with Crippen molar-refractivity contribution in [2.45, 2.75) is 81.7 Å². The summed E-state index contributed by atoms with van der Waals surface area (Å²) < 4.78 is 54.3. The van der Waals surface area contributed by atoms with Gasteiger partial charge in [0.2, 0.25) is 11.8 Å². The molecule has 1 fully saturated rings. The molecule has 14 heteroatoms.